The first-order valence-corrected chi connectivity index (χ1v) is 7.82. The lowest BCUT2D eigenvalue weighted by atomic mass is 9.83. The molecule has 2 rings (SSSR count). The summed E-state index contributed by atoms with van der Waals surface area (Å²) in [5.74, 6) is -0.515. The van der Waals surface area contributed by atoms with E-state index in [0.29, 0.717) is 17.1 Å². The van der Waals surface area contributed by atoms with Crippen molar-refractivity contribution in [2.45, 2.75) is 19.8 Å². The van der Waals surface area contributed by atoms with Gasteiger partial charge in [-0.05, 0) is 31.5 Å². The minimum Gasteiger partial charge on any atom is -0.491 e. The zero-order valence-electron chi connectivity index (χ0n) is 14.1. The van der Waals surface area contributed by atoms with E-state index in [0.717, 1.165) is 0 Å². The van der Waals surface area contributed by atoms with Gasteiger partial charge in [0.25, 0.3) is 0 Å². The summed E-state index contributed by atoms with van der Waals surface area (Å²) >= 11 is 0. The van der Waals surface area contributed by atoms with E-state index < -0.39 is 11.9 Å². The number of aliphatic hydroxyl groups excluding tert-OH is 1. The molecule has 0 saturated carbocycles. The number of nitriles is 1. The summed E-state index contributed by atoms with van der Waals surface area (Å²) in [5, 5.41) is 18.4. The molecule has 132 valence electrons. The maximum Gasteiger partial charge on any atom is 0.338 e. The molecule has 7 heteroatoms. The molecule has 1 heterocycles. The van der Waals surface area contributed by atoms with Gasteiger partial charge in [-0.25, -0.2) is 4.79 Å². The normalized spacial score (nSPS) is 17.0. The number of aliphatic hydroxyl groups is 1. The molecule has 0 bridgehead atoms. The van der Waals surface area contributed by atoms with Gasteiger partial charge in [0.1, 0.15) is 29.8 Å². The highest BCUT2D eigenvalue weighted by molar-refractivity contribution is 5.92. The predicted octanol–water partition coefficient (Wildman–Crippen LogP) is 1.70. The van der Waals surface area contributed by atoms with Crippen molar-refractivity contribution in [2.24, 2.45) is 5.73 Å². The maximum atomic E-state index is 12.4. The van der Waals surface area contributed by atoms with Crippen LogP contribution in [0.1, 0.15) is 25.3 Å². The van der Waals surface area contributed by atoms with Gasteiger partial charge in [-0.15, -0.1) is 0 Å². The Hall–Kier alpha value is -2.98. The molecular weight excluding hydrogens is 324 g/mol. The lowest BCUT2D eigenvalue weighted by Crippen LogP contribution is -2.25. The van der Waals surface area contributed by atoms with E-state index in [1.54, 1.807) is 38.1 Å². The maximum absolute atomic E-state index is 12.4. The Kier molecular flexibility index (Phi) is 6.03. The Bertz CT molecular complexity index is 761. The van der Waals surface area contributed by atoms with Crippen molar-refractivity contribution < 1.29 is 24.1 Å². The van der Waals surface area contributed by atoms with Crippen molar-refractivity contribution >= 4 is 5.97 Å². The quantitative estimate of drug-likeness (QED) is 0.755. The molecule has 0 fully saturated rings. The molecule has 1 aromatic rings. The first-order valence-electron chi connectivity index (χ1n) is 7.82. The second kappa shape index (κ2) is 8.22. The van der Waals surface area contributed by atoms with Crippen LogP contribution in [0.5, 0.6) is 5.75 Å². The van der Waals surface area contributed by atoms with E-state index in [1.165, 1.54) is 0 Å². The number of hydrogen-bond acceptors (Lipinski definition) is 7. The van der Waals surface area contributed by atoms with Crippen LogP contribution in [0.3, 0.4) is 0 Å². The molecule has 1 aliphatic heterocycles. The van der Waals surface area contributed by atoms with Gasteiger partial charge in [0.15, 0.2) is 0 Å². The number of ether oxygens (including phenoxy) is 3. The number of benzene rings is 1. The molecule has 1 aliphatic rings. The van der Waals surface area contributed by atoms with Crippen LogP contribution in [0.4, 0.5) is 0 Å². The van der Waals surface area contributed by atoms with Crippen molar-refractivity contribution in [1.82, 2.24) is 0 Å². The fourth-order valence-electron chi connectivity index (χ4n) is 2.64. The summed E-state index contributed by atoms with van der Waals surface area (Å²) in [6, 6.07) is 8.94. The van der Waals surface area contributed by atoms with Gasteiger partial charge < -0.3 is 25.1 Å². The number of hydrogen-bond donors (Lipinski definition) is 2. The van der Waals surface area contributed by atoms with E-state index in [9.17, 15) is 10.1 Å². The van der Waals surface area contributed by atoms with E-state index in [4.69, 9.17) is 25.1 Å². The van der Waals surface area contributed by atoms with Gasteiger partial charge in [-0.1, -0.05) is 12.1 Å². The average Bonchev–Trinajstić information content (AvgIpc) is 2.59. The molecule has 25 heavy (non-hydrogen) atoms. The average molecular weight is 344 g/mol. The lowest BCUT2D eigenvalue weighted by Gasteiger charge is -2.27. The summed E-state index contributed by atoms with van der Waals surface area (Å²) in [4.78, 5) is 12.4. The smallest absolute Gasteiger partial charge is 0.338 e. The minimum atomic E-state index is -0.713. The predicted molar refractivity (Wildman–Crippen MR) is 89.0 cm³/mol. The summed E-state index contributed by atoms with van der Waals surface area (Å²) in [6.45, 7) is 3.52. The third-order valence-electron chi connectivity index (χ3n) is 3.65. The first-order chi connectivity index (χ1) is 12.0. The number of nitrogens with zero attached hydrogens (tertiary/aromatic N) is 1. The van der Waals surface area contributed by atoms with E-state index in [-0.39, 0.29) is 36.8 Å². The lowest BCUT2D eigenvalue weighted by molar-refractivity contribution is -0.139. The van der Waals surface area contributed by atoms with Crippen molar-refractivity contribution in [3.63, 3.8) is 0 Å². The Balaban J connectivity index is 2.53. The minimum absolute atomic E-state index is 0.0419. The van der Waals surface area contributed by atoms with Gasteiger partial charge in [-0.2, -0.15) is 5.26 Å². The van der Waals surface area contributed by atoms with Gasteiger partial charge in [0.05, 0.1) is 24.7 Å². The monoisotopic (exact) mass is 344 g/mol. The third-order valence-corrected chi connectivity index (χ3v) is 3.65. The van der Waals surface area contributed by atoms with E-state index in [1.807, 2.05) is 6.07 Å². The first kappa shape index (κ1) is 18.4. The topological polar surface area (TPSA) is 115 Å². The Morgan fingerprint density at radius 1 is 1.48 bits per heavy atom. The molecule has 7 nitrogen and oxygen atoms in total. The number of rotatable bonds is 6. The second-order valence-electron chi connectivity index (χ2n) is 5.26. The fourth-order valence-corrected chi connectivity index (χ4v) is 2.64. The fraction of sp³-hybridized carbons (Fsp3) is 0.333. The van der Waals surface area contributed by atoms with E-state index >= 15 is 0 Å². The number of nitrogens with two attached hydrogens (primary N) is 1. The summed E-state index contributed by atoms with van der Waals surface area (Å²) in [6.07, 6.45) is 0. The van der Waals surface area contributed by atoms with Gasteiger partial charge in [0.2, 0.25) is 5.88 Å². The standard InChI is InChI=1S/C18H20N2O5/c1-3-23-18(22)15-11(2)25-17(20)14(10-19)16(15)12-5-4-6-13(9-12)24-8-7-21/h4-6,9,16,21H,3,7-8,20H2,1-2H3. The van der Waals surface area contributed by atoms with Crippen molar-refractivity contribution in [2.75, 3.05) is 19.8 Å². The van der Waals surface area contributed by atoms with Crippen LogP contribution in [0.2, 0.25) is 0 Å². The molecule has 0 saturated heterocycles. The van der Waals surface area contributed by atoms with Crippen molar-refractivity contribution in [3.8, 4) is 11.8 Å². The largest absolute Gasteiger partial charge is 0.491 e. The van der Waals surface area contributed by atoms with Crippen LogP contribution in [-0.4, -0.2) is 30.9 Å². The van der Waals surface area contributed by atoms with Crippen LogP contribution in [0.25, 0.3) is 0 Å². The highest BCUT2D eigenvalue weighted by Crippen LogP contribution is 2.40. The third kappa shape index (κ3) is 3.92. The van der Waals surface area contributed by atoms with Crippen molar-refractivity contribution in [1.29, 1.82) is 5.26 Å². The Morgan fingerprint density at radius 3 is 2.88 bits per heavy atom. The zero-order chi connectivity index (χ0) is 18.4. The molecule has 1 atom stereocenters. The second-order valence-corrected chi connectivity index (χ2v) is 5.26. The molecule has 3 N–H and O–H groups in total. The number of carbonyl (C=O) groups is 1. The van der Waals surface area contributed by atoms with Gasteiger partial charge in [0, 0.05) is 0 Å². The van der Waals surface area contributed by atoms with Crippen LogP contribution < -0.4 is 10.5 Å². The highest BCUT2D eigenvalue weighted by atomic mass is 16.5. The van der Waals surface area contributed by atoms with Gasteiger partial charge in [-0.3, -0.25) is 0 Å². The number of allylic oxidation sites excluding steroid dienone is 2. The summed E-state index contributed by atoms with van der Waals surface area (Å²) in [7, 11) is 0. The molecule has 0 radical (unpaired) electrons. The van der Waals surface area contributed by atoms with Crippen LogP contribution in [-0.2, 0) is 14.3 Å². The number of carbonyl (C=O) groups excluding carboxylic acids is 1. The highest BCUT2D eigenvalue weighted by Gasteiger charge is 2.36. The SMILES string of the molecule is CCOC(=O)C1=C(C)OC(N)=C(C#N)C1c1cccc(OCCO)c1. The molecule has 0 amide bonds. The van der Waals surface area contributed by atoms with Crippen LogP contribution >= 0.6 is 0 Å². The molecule has 0 aliphatic carbocycles. The van der Waals surface area contributed by atoms with Crippen LogP contribution in [0.15, 0.2) is 47.1 Å². The Morgan fingerprint density at radius 2 is 2.24 bits per heavy atom. The zero-order valence-corrected chi connectivity index (χ0v) is 14.1. The summed E-state index contributed by atoms with van der Waals surface area (Å²) in [5.41, 5.74) is 6.85. The molecule has 1 unspecified atom stereocenters. The molecule has 0 spiro atoms. The molecule has 1 aromatic carbocycles. The molecular formula is C18H20N2O5. The number of esters is 1. The van der Waals surface area contributed by atoms with E-state index in [2.05, 4.69) is 0 Å². The summed E-state index contributed by atoms with van der Waals surface area (Å²) < 4.78 is 15.9. The Labute approximate surface area is 145 Å². The van der Waals surface area contributed by atoms with Crippen molar-refractivity contribution in [3.05, 3.63) is 52.6 Å². The molecule has 0 aromatic heterocycles. The van der Waals surface area contributed by atoms with Gasteiger partial charge >= 0.3 is 5.97 Å². The van der Waals surface area contributed by atoms with Crippen LogP contribution in [0, 0.1) is 11.3 Å².